The number of pyridine rings is 1. The molecule has 3 rings (SSSR count). The summed E-state index contributed by atoms with van der Waals surface area (Å²) in [6.07, 6.45) is 5.32. The molecule has 0 amide bonds. The van der Waals surface area contributed by atoms with E-state index in [1.165, 1.54) is 5.56 Å². The number of nitrogens with one attached hydrogen (secondary N) is 1. The predicted octanol–water partition coefficient (Wildman–Crippen LogP) is 4.16. The lowest BCUT2D eigenvalue weighted by Gasteiger charge is -2.35. The highest BCUT2D eigenvalue weighted by Gasteiger charge is 2.27. The van der Waals surface area contributed by atoms with Crippen LogP contribution in [-0.2, 0) is 11.2 Å². The van der Waals surface area contributed by atoms with Crippen molar-refractivity contribution in [1.29, 1.82) is 0 Å². The Kier molecular flexibility index (Phi) is 6.00. The maximum Gasteiger partial charge on any atom is 0.0612 e. The Labute approximate surface area is 145 Å². The standard InChI is InChI=1S/C21H28N2O/c1-16(2)21-15-19(11-13-24-21)23-20(17-8-4-3-5-9-17)14-18-10-6-7-12-22-18/h3-10,12,16,19-21,23H,11,13-15H2,1-2H3/t19-,20-,21-/m0/s1. The van der Waals surface area contributed by atoms with E-state index in [4.69, 9.17) is 4.74 Å². The number of aromatic nitrogens is 1. The summed E-state index contributed by atoms with van der Waals surface area (Å²) in [6, 6.07) is 17.7. The third kappa shape index (κ3) is 4.65. The van der Waals surface area contributed by atoms with Gasteiger partial charge in [0.2, 0.25) is 0 Å². The monoisotopic (exact) mass is 324 g/mol. The SMILES string of the molecule is CC(C)[C@@H]1C[C@@H](N[C@@H](Cc2ccccn2)c2ccccc2)CCO1. The molecule has 1 aliphatic heterocycles. The number of hydrogen-bond acceptors (Lipinski definition) is 3. The van der Waals surface area contributed by atoms with E-state index in [0.717, 1.165) is 31.6 Å². The lowest BCUT2D eigenvalue weighted by molar-refractivity contribution is -0.0260. The molecule has 1 aromatic heterocycles. The molecule has 0 radical (unpaired) electrons. The van der Waals surface area contributed by atoms with Crippen LogP contribution in [0.15, 0.2) is 54.7 Å². The number of ether oxygens (including phenoxy) is 1. The first kappa shape index (κ1) is 17.1. The van der Waals surface area contributed by atoms with Crippen molar-refractivity contribution in [3.63, 3.8) is 0 Å². The molecule has 1 aromatic carbocycles. The van der Waals surface area contributed by atoms with Gasteiger partial charge in [0.05, 0.1) is 6.10 Å². The van der Waals surface area contributed by atoms with E-state index in [-0.39, 0.29) is 6.04 Å². The molecule has 128 valence electrons. The van der Waals surface area contributed by atoms with E-state index >= 15 is 0 Å². The van der Waals surface area contributed by atoms with Gasteiger partial charge < -0.3 is 10.1 Å². The molecule has 2 aromatic rings. The van der Waals surface area contributed by atoms with Gasteiger partial charge in [-0.2, -0.15) is 0 Å². The van der Waals surface area contributed by atoms with Crippen molar-refractivity contribution >= 4 is 0 Å². The number of hydrogen-bond donors (Lipinski definition) is 1. The molecular weight excluding hydrogens is 296 g/mol. The minimum atomic E-state index is 0.289. The largest absolute Gasteiger partial charge is 0.378 e. The van der Waals surface area contributed by atoms with E-state index in [0.29, 0.717) is 18.1 Å². The van der Waals surface area contributed by atoms with Gasteiger partial charge in [0.25, 0.3) is 0 Å². The molecule has 1 aliphatic rings. The fraction of sp³-hybridized carbons (Fsp3) is 0.476. The highest BCUT2D eigenvalue weighted by Crippen LogP contribution is 2.24. The molecule has 3 heteroatoms. The molecular formula is C21H28N2O. The summed E-state index contributed by atoms with van der Waals surface area (Å²) in [5.41, 5.74) is 2.46. The van der Waals surface area contributed by atoms with Gasteiger partial charge in [-0.25, -0.2) is 0 Å². The van der Waals surface area contributed by atoms with E-state index in [9.17, 15) is 0 Å². The summed E-state index contributed by atoms with van der Waals surface area (Å²) >= 11 is 0. The van der Waals surface area contributed by atoms with Crippen molar-refractivity contribution in [1.82, 2.24) is 10.3 Å². The molecule has 1 fully saturated rings. The van der Waals surface area contributed by atoms with Gasteiger partial charge in [0.1, 0.15) is 0 Å². The van der Waals surface area contributed by atoms with E-state index in [2.05, 4.69) is 66.6 Å². The summed E-state index contributed by atoms with van der Waals surface area (Å²) in [4.78, 5) is 4.52. The maximum absolute atomic E-state index is 5.92. The Hall–Kier alpha value is -1.71. The Morgan fingerprint density at radius 1 is 1.12 bits per heavy atom. The summed E-state index contributed by atoms with van der Waals surface area (Å²) in [7, 11) is 0. The molecule has 1 saturated heterocycles. The molecule has 0 spiro atoms. The summed E-state index contributed by atoms with van der Waals surface area (Å²) < 4.78 is 5.92. The maximum atomic E-state index is 5.92. The van der Waals surface area contributed by atoms with Crippen molar-refractivity contribution in [3.05, 3.63) is 66.0 Å². The molecule has 3 nitrogen and oxygen atoms in total. The minimum absolute atomic E-state index is 0.289. The molecule has 0 unspecified atom stereocenters. The van der Waals surface area contributed by atoms with Gasteiger partial charge in [-0.3, -0.25) is 4.98 Å². The van der Waals surface area contributed by atoms with Crippen LogP contribution in [0.1, 0.15) is 44.0 Å². The minimum Gasteiger partial charge on any atom is -0.378 e. The zero-order valence-electron chi connectivity index (χ0n) is 14.7. The average Bonchev–Trinajstić information content (AvgIpc) is 2.63. The van der Waals surface area contributed by atoms with Gasteiger partial charge in [-0.15, -0.1) is 0 Å². The van der Waals surface area contributed by atoms with Crippen LogP contribution in [0.4, 0.5) is 0 Å². The van der Waals surface area contributed by atoms with Gasteiger partial charge in [-0.05, 0) is 36.5 Å². The summed E-state index contributed by atoms with van der Waals surface area (Å²) in [5, 5.41) is 3.89. The van der Waals surface area contributed by atoms with Crippen LogP contribution in [0, 0.1) is 5.92 Å². The van der Waals surface area contributed by atoms with Crippen LogP contribution in [0.3, 0.4) is 0 Å². The second kappa shape index (κ2) is 8.41. The normalized spacial score (nSPS) is 22.5. The highest BCUT2D eigenvalue weighted by molar-refractivity contribution is 5.21. The van der Waals surface area contributed by atoms with Gasteiger partial charge in [-0.1, -0.05) is 50.2 Å². The Morgan fingerprint density at radius 2 is 1.92 bits per heavy atom. The molecule has 0 saturated carbocycles. The average molecular weight is 324 g/mol. The Morgan fingerprint density at radius 3 is 2.62 bits per heavy atom. The van der Waals surface area contributed by atoms with Crippen LogP contribution < -0.4 is 5.32 Å². The smallest absolute Gasteiger partial charge is 0.0612 e. The first-order chi connectivity index (χ1) is 11.7. The Bertz CT molecular complexity index is 600. The fourth-order valence-corrected chi connectivity index (χ4v) is 3.41. The van der Waals surface area contributed by atoms with Crippen molar-refractivity contribution in [2.75, 3.05) is 6.61 Å². The zero-order chi connectivity index (χ0) is 16.8. The van der Waals surface area contributed by atoms with E-state index in [1.807, 2.05) is 12.3 Å². The molecule has 24 heavy (non-hydrogen) atoms. The van der Waals surface area contributed by atoms with Crippen molar-refractivity contribution in [2.45, 2.75) is 51.3 Å². The first-order valence-corrected chi connectivity index (χ1v) is 9.05. The van der Waals surface area contributed by atoms with Crippen molar-refractivity contribution in [3.8, 4) is 0 Å². The molecule has 2 heterocycles. The quantitative estimate of drug-likeness (QED) is 0.866. The van der Waals surface area contributed by atoms with Gasteiger partial charge >= 0.3 is 0 Å². The van der Waals surface area contributed by atoms with Crippen LogP contribution in [0.5, 0.6) is 0 Å². The molecule has 0 bridgehead atoms. The summed E-state index contributed by atoms with van der Waals surface area (Å²) in [5.74, 6) is 0.570. The van der Waals surface area contributed by atoms with Crippen molar-refractivity contribution in [2.24, 2.45) is 5.92 Å². The topological polar surface area (TPSA) is 34.2 Å². The first-order valence-electron chi connectivity index (χ1n) is 9.05. The second-order valence-electron chi connectivity index (χ2n) is 7.03. The van der Waals surface area contributed by atoms with Crippen LogP contribution in [0.25, 0.3) is 0 Å². The third-order valence-electron chi connectivity index (χ3n) is 4.84. The van der Waals surface area contributed by atoms with Gasteiger partial charge in [0.15, 0.2) is 0 Å². The predicted molar refractivity (Wildman–Crippen MR) is 97.9 cm³/mol. The number of nitrogens with zero attached hydrogens (tertiary/aromatic N) is 1. The number of benzene rings is 1. The number of rotatable bonds is 6. The molecule has 1 N–H and O–H groups in total. The zero-order valence-corrected chi connectivity index (χ0v) is 14.7. The van der Waals surface area contributed by atoms with Gasteiger partial charge in [0, 0.05) is 37.0 Å². The molecule has 0 aliphatic carbocycles. The summed E-state index contributed by atoms with van der Waals surface area (Å²) in [6.45, 7) is 5.34. The Balaban J connectivity index is 1.72. The third-order valence-corrected chi connectivity index (χ3v) is 4.84. The van der Waals surface area contributed by atoms with Crippen molar-refractivity contribution < 1.29 is 4.74 Å². The van der Waals surface area contributed by atoms with Crippen LogP contribution in [0.2, 0.25) is 0 Å². The van der Waals surface area contributed by atoms with E-state index in [1.54, 1.807) is 0 Å². The van der Waals surface area contributed by atoms with Crippen LogP contribution >= 0.6 is 0 Å². The van der Waals surface area contributed by atoms with Crippen LogP contribution in [-0.4, -0.2) is 23.7 Å². The van der Waals surface area contributed by atoms with E-state index < -0.39 is 0 Å². The highest BCUT2D eigenvalue weighted by atomic mass is 16.5. The lowest BCUT2D eigenvalue weighted by atomic mass is 9.93. The fourth-order valence-electron chi connectivity index (χ4n) is 3.41. The molecule has 3 atom stereocenters. The second-order valence-corrected chi connectivity index (χ2v) is 7.03. The lowest BCUT2D eigenvalue weighted by Crippen LogP contribution is -2.42.